The maximum Gasteiger partial charge on any atom is 0.317 e. The Balaban J connectivity index is 1.60. The van der Waals surface area contributed by atoms with Gasteiger partial charge in [0.05, 0.1) is 6.54 Å². The lowest BCUT2D eigenvalue weighted by Crippen LogP contribution is -2.47. The molecule has 2 saturated heterocycles. The van der Waals surface area contributed by atoms with Crippen LogP contribution in [0.3, 0.4) is 0 Å². The fourth-order valence-electron chi connectivity index (χ4n) is 3.57. The van der Waals surface area contributed by atoms with E-state index in [-0.39, 0.29) is 30.6 Å². The Labute approximate surface area is 150 Å². The molecule has 1 atom stereocenters. The summed E-state index contributed by atoms with van der Waals surface area (Å²) in [6.45, 7) is 1.28. The third-order valence-corrected chi connectivity index (χ3v) is 4.97. The van der Waals surface area contributed by atoms with Crippen LogP contribution in [0.4, 0.5) is 10.1 Å². The Morgan fingerprint density at radius 3 is 2.62 bits per heavy atom. The van der Waals surface area contributed by atoms with Gasteiger partial charge in [0.1, 0.15) is 11.9 Å². The lowest BCUT2D eigenvalue weighted by atomic mass is 9.89. The molecule has 8 heteroatoms. The number of piperidine rings is 2. The zero-order valence-electron chi connectivity index (χ0n) is 14.3. The fraction of sp³-hybridized carbons (Fsp3) is 0.500. The molecule has 3 N–H and O–H groups in total. The molecule has 0 radical (unpaired) electrons. The standard InChI is InChI=1S/C18H22FN3O4/c19-14-9-12(20-15-3-4-16(23)21-18(15)26)1-2-13(14)11-5-7-22(8-6-11)10-17(24)25/h1-2,9,11,15,20H,3-8,10H2,(H,24,25)(H,21,23,26). The third-order valence-electron chi connectivity index (χ3n) is 4.97. The van der Waals surface area contributed by atoms with Gasteiger partial charge in [0.15, 0.2) is 0 Å². The Kier molecular flexibility index (Phi) is 5.51. The summed E-state index contributed by atoms with van der Waals surface area (Å²) in [7, 11) is 0. The summed E-state index contributed by atoms with van der Waals surface area (Å²) >= 11 is 0. The van der Waals surface area contributed by atoms with Crippen LogP contribution in [0.2, 0.25) is 0 Å². The Morgan fingerprint density at radius 2 is 2.00 bits per heavy atom. The van der Waals surface area contributed by atoms with Gasteiger partial charge in [-0.15, -0.1) is 0 Å². The zero-order valence-corrected chi connectivity index (χ0v) is 14.3. The van der Waals surface area contributed by atoms with Crippen LogP contribution < -0.4 is 10.6 Å². The van der Waals surface area contributed by atoms with E-state index in [1.165, 1.54) is 6.07 Å². The smallest absolute Gasteiger partial charge is 0.317 e. The number of anilines is 1. The molecule has 26 heavy (non-hydrogen) atoms. The number of amides is 2. The van der Waals surface area contributed by atoms with E-state index in [2.05, 4.69) is 10.6 Å². The van der Waals surface area contributed by atoms with Gasteiger partial charge < -0.3 is 10.4 Å². The van der Waals surface area contributed by atoms with Crippen LogP contribution in [-0.2, 0) is 14.4 Å². The zero-order chi connectivity index (χ0) is 18.7. The lowest BCUT2D eigenvalue weighted by molar-refractivity contribution is -0.138. The lowest BCUT2D eigenvalue weighted by Gasteiger charge is -2.31. The number of carboxylic acids is 1. The van der Waals surface area contributed by atoms with Crippen molar-refractivity contribution in [1.82, 2.24) is 10.2 Å². The largest absolute Gasteiger partial charge is 0.480 e. The van der Waals surface area contributed by atoms with E-state index in [0.717, 1.165) is 0 Å². The van der Waals surface area contributed by atoms with Gasteiger partial charge in [-0.3, -0.25) is 24.6 Å². The van der Waals surface area contributed by atoms with Crippen molar-refractivity contribution in [2.45, 2.75) is 37.6 Å². The maximum atomic E-state index is 14.6. The fourth-order valence-corrected chi connectivity index (χ4v) is 3.57. The maximum absolute atomic E-state index is 14.6. The summed E-state index contributed by atoms with van der Waals surface area (Å²) in [5.41, 5.74) is 1.12. The van der Waals surface area contributed by atoms with Gasteiger partial charge in [-0.1, -0.05) is 6.07 Å². The van der Waals surface area contributed by atoms with Crippen LogP contribution in [0.1, 0.15) is 37.2 Å². The van der Waals surface area contributed by atoms with Gasteiger partial charge in [-0.2, -0.15) is 0 Å². The molecule has 0 spiro atoms. The average molecular weight is 363 g/mol. The number of hydrogen-bond acceptors (Lipinski definition) is 5. The number of imide groups is 1. The number of halogens is 1. The number of hydrogen-bond donors (Lipinski definition) is 3. The minimum absolute atomic E-state index is 0.0179. The van der Waals surface area contributed by atoms with Gasteiger partial charge >= 0.3 is 5.97 Å². The first-order valence-corrected chi connectivity index (χ1v) is 8.76. The van der Waals surface area contributed by atoms with E-state index in [9.17, 15) is 18.8 Å². The summed E-state index contributed by atoms with van der Waals surface area (Å²) in [4.78, 5) is 35.6. The van der Waals surface area contributed by atoms with Crippen LogP contribution in [0.15, 0.2) is 18.2 Å². The first-order valence-electron chi connectivity index (χ1n) is 8.76. The molecule has 2 aliphatic rings. The predicted molar refractivity (Wildman–Crippen MR) is 92.2 cm³/mol. The summed E-state index contributed by atoms with van der Waals surface area (Å²) in [5.74, 6) is -1.80. The van der Waals surface area contributed by atoms with Crippen molar-refractivity contribution in [3.8, 4) is 0 Å². The Morgan fingerprint density at radius 1 is 1.27 bits per heavy atom. The molecule has 2 aliphatic heterocycles. The first-order chi connectivity index (χ1) is 12.4. The molecular weight excluding hydrogens is 341 g/mol. The van der Waals surface area contributed by atoms with E-state index >= 15 is 0 Å². The number of rotatable bonds is 5. The van der Waals surface area contributed by atoms with Gasteiger partial charge in [0.2, 0.25) is 11.8 Å². The van der Waals surface area contributed by atoms with Crippen LogP contribution in [0.25, 0.3) is 0 Å². The number of carboxylic acid groups (broad SMARTS) is 1. The van der Waals surface area contributed by atoms with Crippen LogP contribution in [-0.4, -0.2) is 53.5 Å². The number of likely N-dealkylation sites (tertiary alicyclic amines) is 1. The normalized spacial score (nSPS) is 22.1. The monoisotopic (exact) mass is 363 g/mol. The number of carbonyl (C=O) groups excluding carboxylic acids is 2. The van der Waals surface area contributed by atoms with E-state index in [0.29, 0.717) is 43.6 Å². The third kappa shape index (κ3) is 4.37. The number of nitrogens with one attached hydrogen (secondary N) is 2. The molecule has 1 aromatic carbocycles. The molecule has 2 heterocycles. The minimum atomic E-state index is -0.849. The summed E-state index contributed by atoms with van der Waals surface area (Å²) < 4.78 is 14.6. The summed E-state index contributed by atoms with van der Waals surface area (Å²) in [6.07, 6.45) is 2.07. The molecule has 7 nitrogen and oxygen atoms in total. The van der Waals surface area contributed by atoms with Crippen molar-refractivity contribution >= 4 is 23.5 Å². The van der Waals surface area contributed by atoms with E-state index < -0.39 is 17.9 Å². The van der Waals surface area contributed by atoms with Gasteiger partial charge in [-0.05, 0) is 56.0 Å². The van der Waals surface area contributed by atoms with Crippen LogP contribution >= 0.6 is 0 Å². The molecular formula is C18H22FN3O4. The SMILES string of the molecule is O=C(O)CN1CCC(c2ccc(NC3CCC(=O)NC3=O)cc2F)CC1. The van der Waals surface area contributed by atoms with E-state index in [4.69, 9.17) is 5.11 Å². The highest BCUT2D eigenvalue weighted by molar-refractivity contribution is 6.01. The van der Waals surface area contributed by atoms with Crippen molar-refractivity contribution < 1.29 is 23.9 Å². The highest BCUT2D eigenvalue weighted by Gasteiger charge is 2.27. The molecule has 3 rings (SSSR count). The van der Waals surface area contributed by atoms with E-state index in [1.54, 1.807) is 12.1 Å². The second-order valence-electron chi connectivity index (χ2n) is 6.83. The molecule has 0 aromatic heterocycles. The number of nitrogens with zero attached hydrogens (tertiary/aromatic N) is 1. The van der Waals surface area contributed by atoms with E-state index in [1.807, 2.05) is 4.90 Å². The highest BCUT2D eigenvalue weighted by atomic mass is 19.1. The molecule has 0 saturated carbocycles. The molecule has 2 amide bonds. The average Bonchev–Trinajstić information content (AvgIpc) is 2.58. The minimum Gasteiger partial charge on any atom is -0.480 e. The predicted octanol–water partition coefficient (Wildman–Crippen LogP) is 1.31. The van der Waals surface area contributed by atoms with Crippen molar-refractivity contribution in [3.63, 3.8) is 0 Å². The second-order valence-corrected chi connectivity index (χ2v) is 6.83. The quantitative estimate of drug-likeness (QED) is 0.682. The molecule has 0 bridgehead atoms. The number of aliphatic carboxylic acids is 1. The molecule has 1 unspecified atom stereocenters. The second kappa shape index (κ2) is 7.82. The molecule has 0 aliphatic carbocycles. The molecule has 2 fully saturated rings. The first kappa shape index (κ1) is 18.3. The number of benzene rings is 1. The van der Waals surface area contributed by atoms with Gasteiger partial charge in [-0.25, -0.2) is 4.39 Å². The van der Waals surface area contributed by atoms with Crippen molar-refractivity contribution in [2.75, 3.05) is 25.0 Å². The topological polar surface area (TPSA) is 98.7 Å². The Hall–Kier alpha value is -2.48. The summed E-state index contributed by atoms with van der Waals surface area (Å²) in [6, 6.07) is 4.30. The molecule has 1 aromatic rings. The van der Waals surface area contributed by atoms with Crippen LogP contribution in [0, 0.1) is 5.82 Å². The number of carbonyl (C=O) groups is 3. The van der Waals surface area contributed by atoms with Gasteiger partial charge in [0, 0.05) is 12.1 Å². The summed E-state index contributed by atoms with van der Waals surface area (Å²) in [5, 5.41) is 14.1. The Bertz CT molecular complexity index is 716. The van der Waals surface area contributed by atoms with Crippen molar-refractivity contribution in [3.05, 3.63) is 29.6 Å². The van der Waals surface area contributed by atoms with Gasteiger partial charge in [0.25, 0.3) is 0 Å². The van der Waals surface area contributed by atoms with Crippen LogP contribution in [0.5, 0.6) is 0 Å². The highest BCUT2D eigenvalue weighted by Crippen LogP contribution is 2.31. The van der Waals surface area contributed by atoms with Crippen molar-refractivity contribution in [1.29, 1.82) is 0 Å². The van der Waals surface area contributed by atoms with Crippen molar-refractivity contribution in [2.24, 2.45) is 0 Å². The molecule has 140 valence electrons.